The van der Waals surface area contributed by atoms with Gasteiger partial charge in [-0.15, -0.1) is 0 Å². The second-order valence-electron chi connectivity index (χ2n) is 9.44. The summed E-state index contributed by atoms with van der Waals surface area (Å²) in [6.45, 7) is 1.99. The van der Waals surface area contributed by atoms with Crippen LogP contribution in [0.15, 0.2) is 53.4 Å². The van der Waals surface area contributed by atoms with Crippen LogP contribution in [0, 0.1) is 0 Å². The molecule has 2 aromatic rings. The van der Waals surface area contributed by atoms with Crippen molar-refractivity contribution in [1.29, 1.82) is 0 Å². The molecule has 5 rings (SSSR count). The van der Waals surface area contributed by atoms with Crippen LogP contribution in [-0.2, 0) is 14.6 Å². The average Bonchev–Trinajstić information content (AvgIpc) is 3.68. The summed E-state index contributed by atoms with van der Waals surface area (Å²) in [5.41, 5.74) is 7.73. The summed E-state index contributed by atoms with van der Waals surface area (Å²) in [4.78, 5) is 29.5. The predicted molar refractivity (Wildman–Crippen MR) is 125 cm³/mol. The number of benzene rings is 2. The summed E-state index contributed by atoms with van der Waals surface area (Å²) in [6, 6.07) is 14.3. The number of amides is 2. The minimum atomic E-state index is -3.25. The van der Waals surface area contributed by atoms with Gasteiger partial charge in [0.1, 0.15) is 0 Å². The van der Waals surface area contributed by atoms with Crippen LogP contribution in [0.2, 0.25) is 0 Å². The highest BCUT2D eigenvalue weighted by Gasteiger charge is 2.43. The lowest BCUT2D eigenvalue weighted by atomic mass is 9.76. The largest absolute Gasteiger partial charge is 0.338 e. The molecule has 7 nitrogen and oxygen atoms in total. The summed E-state index contributed by atoms with van der Waals surface area (Å²) in [6.07, 6.45) is 3.95. The lowest BCUT2D eigenvalue weighted by molar-refractivity contribution is -0.141. The Kier molecular flexibility index (Phi) is 5.53. The SMILES string of the molecule is NC1(C(=O)N2CCN(C(=O)c3ccc(-c4cccc(S(=O)(=O)C5CC5)c4)cc3)CC2)CCC1. The van der Waals surface area contributed by atoms with Gasteiger partial charge in [-0.05, 0) is 67.5 Å². The molecule has 3 aliphatic rings. The summed E-state index contributed by atoms with van der Waals surface area (Å²) in [5.74, 6) is -0.0547. The molecule has 1 aliphatic heterocycles. The van der Waals surface area contributed by atoms with Crippen molar-refractivity contribution in [2.24, 2.45) is 5.73 Å². The molecule has 0 unspecified atom stereocenters. The summed E-state index contributed by atoms with van der Waals surface area (Å²) in [7, 11) is -3.25. The van der Waals surface area contributed by atoms with Gasteiger partial charge in [0.05, 0.1) is 15.7 Å². The zero-order valence-corrected chi connectivity index (χ0v) is 19.4. The zero-order valence-electron chi connectivity index (χ0n) is 18.6. The van der Waals surface area contributed by atoms with E-state index in [0.29, 0.717) is 36.6 Å². The van der Waals surface area contributed by atoms with E-state index in [4.69, 9.17) is 5.73 Å². The van der Waals surface area contributed by atoms with Crippen molar-refractivity contribution in [3.8, 4) is 11.1 Å². The maximum absolute atomic E-state index is 13.0. The molecule has 33 heavy (non-hydrogen) atoms. The van der Waals surface area contributed by atoms with Crippen molar-refractivity contribution in [1.82, 2.24) is 9.80 Å². The first kappa shape index (κ1) is 22.1. The second-order valence-corrected chi connectivity index (χ2v) is 11.7. The van der Waals surface area contributed by atoms with E-state index in [0.717, 1.165) is 43.2 Å². The molecule has 0 bridgehead atoms. The Balaban J connectivity index is 1.24. The van der Waals surface area contributed by atoms with Crippen LogP contribution in [0.5, 0.6) is 0 Å². The summed E-state index contributed by atoms with van der Waals surface area (Å²) < 4.78 is 25.1. The van der Waals surface area contributed by atoms with E-state index in [1.165, 1.54) is 0 Å². The molecular weight excluding hydrogens is 438 g/mol. The van der Waals surface area contributed by atoms with Crippen LogP contribution >= 0.6 is 0 Å². The first-order chi connectivity index (χ1) is 15.8. The molecule has 2 saturated carbocycles. The highest BCUT2D eigenvalue weighted by molar-refractivity contribution is 7.92. The molecule has 174 valence electrons. The molecule has 0 radical (unpaired) electrons. The fraction of sp³-hybridized carbons (Fsp3) is 0.440. The van der Waals surface area contributed by atoms with Gasteiger partial charge in [0, 0.05) is 31.7 Å². The normalized spacial score (nSPS) is 20.3. The van der Waals surface area contributed by atoms with Gasteiger partial charge in [-0.25, -0.2) is 8.42 Å². The van der Waals surface area contributed by atoms with Crippen LogP contribution in [0.1, 0.15) is 42.5 Å². The Bertz CT molecular complexity index is 1180. The van der Waals surface area contributed by atoms with Gasteiger partial charge in [-0.1, -0.05) is 24.3 Å². The van der Waals surface area contributed by atoms with Gasteiger partial charge in [0.2, 0.25) is 5.91 Å². The van der Waals surface area contributed by atoms with Crippen molar-refractivity contribution in [3.63, 3.8) is 0 Å². The number of nitrogens with zero attached hydrogens (tertiary/aromatic N) is 2. The standard InChI is InChI=1S/C25H29N3O4S/c26-25(11-2-12-25)24(30)28-15-13-27(14-16-28)23(29)19-7-5-18(6-8-19)20-3-1-4-22(17-20)33(31,32)21-9-10-21/h1,3-8,17,21H,2,9-16,26H2. The number of carbonyl (C=O) groups is 2. The number of nitrogens with two attached hydrogens (primary N) is 1. The van der Waals surface area contributed by atoms with E-state index in [-0.39, 0.29) is 17.1 Å². The maximum atomic E-state index is 13.0. The number of sulfone groups is 1. The van der Waals surface area contributed by atoms with Gasteiger partial charge in [0.25, 0.3) is 5.91 Å². The lowest BCUT2D eigenvalue weighted by Crippen LogP contribution is -2.62. The fourth-order valence-electron chi connectivity index (χ4n) is 4.61. The predicted octanol–water partition coefficient (Wildman–Crippen LogP) is 2.46. The van der Waals surface area contributed by atoms with Crippen LogP contribution in [0.4, 0.5) is 0 Å². The van der Waals surface area contributed by atoms with E-state index >= 15 is 0 Å². The van der Waals surface area contributed by atoms with Gasteiger partial charge in [-0.3, -0.25) is 9.59 Å². The van der Waals surface area contributed by atoms with Crippen molar-refractivity contribution < 1.29 is 18.0 Å². The zero-order chi connectivity index (χ0) is 23.2. The molecule has 1 heterocycles. The van der Waals surface area contributed by atoms with Gasteiger partial charge >= 0.3 is 0 Å². The van der Waals surface area contributed by atoms with Crippen molar-refractivity contribution in [3.05, 3.63) is 54.1 Å². The van der Waals surface area contributed by atoms with Gasteiger partial charge in [-0.2, -0.15) is 0 Å². The van der Waals surface area contributed by atoms with Gasteiger partial charge in [0.15, 0.2) is 9.84 Å². The second kappa shape index (κ2) is 8.25. The highest BCUT2D eigenvalue weighted by atomic mass is 32.2. The van der Waals surface area contributed by atoms with Crippen molar-refractivity contribution >= 4 is 21.7 Å². The van der Waals surface area contributed by atoms with E-state index in [2.05, 4.69) is 0 Å². The molecular formula is C25H29N3O4S. The molecule has 2 aliphatic carbocycles. The first-order valence-corrected chi connectivity index (χ1v) is 13.1. The van der Waals surface area contributed by atoms with E-state index in [1.54, 1.807) is 40.1 Å². The van der Waals surface area contributed by atoms with Crippen LogP contribution < -0.4 is 5.73 Å². The van der Waals surface area contributed by atoms with E-state index < -0.39 is 15.4 Å². The Morgan fingerprint density at radius 2 is 1.52 bits per heavy atom. The quantitative estimate of drug-likeness (QED) is 0.728. The highest BCUT2D eigenvalue weighted by Crippen LogP contribution is 2.35. The Hall–Kier alpha value is -2.71. The number of carbonyl (C=O) groups excluding carboxylic acids is 2. The molecule has 2 N–H and O–H groups in total. The Morgan fingerprint density at radius 3 is 2.09 bits per heavy atom. The minimum absolute atomic E-state index is 0.0103. The van der Waals surface area contributed by atoms with Crippen LogP contribution in [-0.4, -0.2) is 67.0 Å². The fourth-order valence-corrected chi connectivity index (χ4v) is 6.31. The Labute approximate surface area is 194 Å². The minimum Gasteiger partial charge on any atom is -0.338 e. The topological polar surface area (TPSA) is 101 Å². The molecule has 2 amide bonds. The van der Waals surface area contributed by atoms with Crippen LogP contribution in [0.25, 0.3) is 11.1 Å². The average molecular weight is 468 g/mol. The van der Waals surface area contributed by atoms with Crippen molar-refractivity contribution in [2.75, 3.05) is 26.2 Å². The smallest absolute Gasteiger partial charge is 0.253 e. The summed E-state index contributed by atoms with van der Waals surface area (Å²) >= 11 is 0. The summed E-state index contributed by atoms with van der Waals surface area (Å²) in [5, 5.41) is -0.243. The molecule has 0 spiro atoms. The Morgan fingerprint density at radius 1 is 0.879 bits per heavy atom. The van der Waals surface area contributed by atoms with E-state index in [1.807, 2.05) is 18.2 Å². The monoisotopic (exact) mass is 467 g/mol. The molecule has 2 aromatic carbocycles. The number of rotatable bonds is 5. The molecule has 3 fully saturated rings. The number of piperazine rings is 1. The third kappa shape index (κ3) is 4.17. The number of hydrogen-bond donors (Lipinski definition) is 1. The van der Waals surface area contributed by atoms with Gasteiger partial charge < -0.3 is 15.5 Å². The third-order valence-corrected chi connectivity index (χ3v) is 9.38. The molecule has 0 atom stereocenters. The molecule has 1 saturated heterocycles. The van der Waals surface area contributed by atoms with E-state index in [9.17, 15) is 18.0 Å². The number of hydrogen-bond acceptors (Lipinski definition) is 5. The first-order valence-electron chi connectivity index (χ1n) is 11.6. The maximum Gasteiger partial charge on any atom is 0.253 e. The lowest BCUT2D eigenvalue weighted by Gasteiger charge is -2.43. The molecule has 8 heteroatoms. The third-order valence-electron chi connectivity index (χ3n) is 7.12. The van der Waals surface area contributed by atoms with Crippen molar-refractivity contribution in [2.45, 2.75) is 47.8 Å². The van der Waals surface area contributed by atoms with Crippen LogP contribution in [0.3, 0.4) is 0 Å². The molecule has 0 aromatic heterocycles.